The average molecular weight is 173 g/mol. The quantitative estimate of drug-likeness (QED) is 0.506. The maximum atomic E-state index is 4.09. The Bertz CT molecular complexity index is 124. The zero-order valence-electron chi connectivity index (χ0n) is 7.96. The van der Waals surface area contributed by atoms with Gasteiger partial charge in [-0.15, -0.1) is 0 Å². The van der Waals surface area contributed by atoms with E-state index < -0.39 is 0 Å². The Morgan fingerprint density at radius 2 is 1.82 bits per heavy atom. The van der Waals surface area contributed by atoms with E-state index in [2.05, 4.69) is 57.5 Å². The second kappa shape index (κ2) is 4.83. The summed E-state index contributed by atoms with van der Waals surface area (Å²) in [7, 11) is 2.13. The number of thiol groups is 1. The Kier molecular flexibility index (Phi) is 4.86. The van der Waals surface area contributed by atoms with Gasteiger partial charge in [0.25, 0.3) is 0 Å². The van der Waals surface area contributed by atoms with Gasteiger partial charge in [0, 0.05) is 17.8 Å². The Hall–Kier alpha value is 0.0500. The topological polar surface area (TPSA) is 3.24 Å². The third-order valence-electron chi connectivity index (χ3n) is 1.80. The van der Waals surface area contributed by atoms with Crippen molar-refractivity contribution >= 4 is 12.6 Å². The van der Waals surface area contributed by atoms with E-state index in [9.17, 15) is 0 Å². The number of rotatable bonds is 3. The number of likely N-dealkylation sites (N-methyl/N-ethyl adjacent to an activating group) is 1. The Balaban J connectivity index is 3.69. The normalized spacial score (nSPS) is 13.3. The van der Waals surface area contributed by atoms with E-state index in [1.54, 1.807) is 0 Å². The Labute approximate surface area is 75.9 Å². The third kappa shape index (κ3) is 5.33. The molecule has 0 aliphatic heterocycles. The van der Waals surface area contributed by atoms with Crippen LogP contribution in [0.4, 0.5) is 0 Å². The van der Waals surface area contributed by atoms with Crippen LogP contribution in [-0.2, 0) is 0 Å². The van der Waals surface area contributed by atoms with Crippen molar-refractivity contribution < 1.29 is 0 Å². The van der Waals surface area contributed by atoms with Crippen LogP contribution < -0.4 is 0 Å². The Morgan fingerprint density at radius 3 is 2.18 bits per heavy atom. The van der Waals surface area contributed by atoms with Crippen LogP contribution in [0.1, 0.15) is 20.8 Å². The lowest BCUT2D eigenvalue weighted by atomic mass is 10.1. The van der Waals surface area contributed by atoms with Crippen molar-refractivity contribution in [2.45, 2.75) is 26.3 Å². The lowest BCUT2D eigenvalue weighted by molar-refractivity contribution is 0.195. The van der Waals surface area contributed by atoms with Crippen molar-refractivity contribution in [1.29, 1.82) is 0 Å². The molecule has 0 atom stereocenters. The maximum absolute atomic E-state index is 4.09. The highest BCUT2D eigenvalue weighted by molar-refractivity contribution is 7.80. The molecular weight excluding hydrogens is 154 g/mol. The fourth-order valence-electron chi connectivity index (χ4n) is 0.581. The van der Waals surface area contributed by atoms with Crippen molar-refractivity contribution in [1.82, 2.24) is 4.90 Å². The molecule has 0 aromatic heterocycles. The predicted octanol–water partition coefficient (Wildman–Crippen LogP) is 2.20. The van der Waals surface area contributed by atoms with Gasteiger partial charge in [-0.1, -0.05) is 12.2 Å². The second-order valence-corrected chi connectivity index (χ2v) is 4.07. The molecule has 0 heterocycles. The Morgan fingerprint density at radius 1 is 1.27 bits per heavy atom. The third-order valence-corrected chi connectivity index (χ3v) is 2.01. The first-order chi connectivity index (χ1) is 4.98. The summed E-state index contributed by atoms with van der Waals surface area (Å²) in [6.45, 7) is 7.63. The minimum atomic E-state index is 0.265. The summed E-state index contributed by atoms with van der Waals surface area (Å²) in [5.41, 5.74) is 0.265. The first kappa shape index (κ1) is 11.1. The molecule has 11 heavy (non-hydrogen) atoms. The number of nitrogens with zero attached hydrogens (tertiary/aromatic N) is 1. The minimum absolute atomic E-state index is 0.265. The molecule has 0 aromatic carbocycles. The van der Waals surface area contributed by atoms with E-state index in [-0.39, 0.29) is 5.54 Å². The lowest BCUT2D eigenvalue weighted by Crippen LogP contribution is -2.37. The summed E-state index contributed by atoms with van der Waals surface area (Å²) < 4.78 is 0. The van der Waals surface area contributed by atoms with E-state index in [4.69, 9.17) is 0 Å². The van der Waals surface area contributed by atoms with Crippen LogP contribution in [0.15, 0.2) is 12.2 Å². The molecule has 66 valence electrons. The maximum Gasteiger partial charge on any atom is 0.0165 e. The van der Waals surface area contributed by atoms with Gasteiger partial charge in [0.15, 0.2) is 0 Å². The molecule has 0 unspecified atom stereocenters. The smallest absolute Gasteiger partial charge is 0.0165 e. The van der Waals surface area contributed by atoms with Crippen LogP contribution in [0, 0.1) is 0 Å². The van der Waals surface area contributed by atoms with Crippen LogP contribution in [0.3, 0.4) is 0 Å². The van der Waals surface area contributed by atoms with Gasteiger partial charge >= 0.3 is 0 Å². The summed E-state index contributed by atoms with van der Waals surface area (Å²) in [4.78, 5) is 2.30. The highest BCUT2D eigenvalue weighted by Gasteiger charge is 2.14. The number of hydrogen-bond acceptors (Lipinski definition) is 2. The highest BCUT2D eigenvalue weighted by Crippen LogP contribution is 2.09. The number of hydrogen-bond donors (Lipinski definition) is 1. The molecule has 0 fully saturated rings. The van der Waals surface area contributed by atoms with Gasteiger partial charge in [-0.05, 0) is 27.8 Å². The van der Waals surface area contributed by atoms with E-state index >= 15 is 0 Å². The van der Waals surface area contributed by atoms with Gasteiger partial charge in [0.05, 0.1) is 0 Å². The van der Waals surface area contributed by atoms with Crippen LogP contribution in [0.2, 0.25) is 0 Å². The summed E-state index contributed by atoms with van der Waals surface area (Å²) in [5.74, 6) is 0.831. The van der Waals surface area contributed by atoms with E-state index in [0.29, 0.717) is 0 Å². The van der Waals surface area contributed by atoms with Crippen molar-refractivity contribution in [2.75, 3.05) is 19.3 Å². The van der Waals surface area contributed by atoms with Crippen molar-refractivity contribution in [3.05, 3.63) is 12.2 Å². The van der Waals surface area contributed by atoms with Crippen LogP contribution in [0.5, 0.6) is 0 Å². The molecule has 2 heteroatoms. The van der Waals surface area contributed by atoms with E-state index in [1.807, 2.05) is 0 Å². The first-order valence-corrected chi connectivity index (χ1v) is 4.59. The second-order valence-electron chi connectivity index (χ2n) is 3.71. The van der Waals surface area contributed by atoms with Gasteiger partial charge in [-0.2, -0.15) is 12.6 Å². The molecule has 1 nitrogen and oxygen atoms in total. The molecule has 0 aromatic rings. The van der Waals surface area contributed by atoms with Crippen LogP contribution in [0.25, 0.3) is 0 Å². The van der Waals surface area contributed by atoms with Crippen molar-refractivity contribution in [3.8, 4) is 0 Å². The fraction of sp³-hybridized carbons (Fsp3) is 0.778. The molecule has 0 bridgehead atoms. The minimum Gasteiger partial charge on any atom is -0.298 e. The van der Waals surface area contributed by atoms with Gasteiger partial charge in [0.1, 0.15) is 0 Å². The SMILES string of the molecule is CN(C/C=C/CS)C(C)(C)C. The molecule has 0 amide bonds. The molecule has 0 saturated carbocycles. The van der Waals surface area contributed by atoms with Gasteiger partial charge in [-0.25, -0.2) is 0 Å². The summed E-state index contributed by atoms with van der Waals surface area (Å²) in [6.07, 6.45) is 4.23. The van der Waals surface area contributed by atoms with E-state index in [0.717, 1.165) is 12.3 Å². The summed E-state index contributed by atoms with van der Waals surface area (Å²) in [6, 6.07) is 0. The molecule has 0 aliphatic carbocycles. The molecule has 0 rings (SSSR count). The molecule has 0 aliphatic rings. The van der Waals surface area contributed by atoms with E-state index in [1.165, 1.54) is 0 Å². The molecule has 0 spiro atoms. The van der Waals surface area contributed by atoms with Crippen molar-refractivity contribution in [2.24, 2.45) is 0 Å². The zero-order valence-corrected chi connectivity index (χ0v) is 8.86. The van der Waals surface area contributed by atoms with Gasteiger partial charge in [-0.3, -0.25) is 4.90 Å². The van der Waals surface area contributed by atoms with Crippen molar-refractivity contribution in [3.63, 3.8) is 0 Å². The molecular formula is C9H19NS. The fourth-order valence-corrected chi connectivity index (χ4v) is 0.730. The van der Waals surface area contributed by atoms with Crippen LogP contribution >= 0.6 is 12.6 Å². The van der Waals surface area contributed by atoms with Gasteiger partial charge in [0.2, 0.25) is 0 Å². The molecule has 0 saturated heterocycles. The summed E-state index contributed by atoms with van der Waals surface area (Å²) >= 11 is 4.09. The van der Waals surface area contributed by atoms with Gasteiger partial charge < -0.3 is 0 Å². The highest BCUT2D eigenvalue weighted by atomic mass is 32.1. The largest absolute Gasteiger partial charge is 0.298 e. The summed E-state index contributed by atoms with van der Waals surface area (Å²) in [5, 5.41) is 0. The molecule has 0 N–H and O–H groups in total. The lowest BCUT2D eigenvalue weighted by Gasteiger charge is -2.30. The van der Waals surface area contributed by atoms with Crippen LogP contribution in [-0.4, -0.2) is 29.8 Å². The predicted molar refractivity (Wildman–Crippen MR) is 55.4 cm³/mol. The standard InChI is InChI=1S/C9H19NS/c1-9(2,3)10(4)7-5-6-8-11/h5-6,11H,7-8H2,1-4H3/b6-5+. The zero-order chi connectivity index (χ0) is 8.91. The average Bonchev–Trinajstić information content (AvgIpc) is 1.86. The first-order valence-electron chi connectivity index (χ1n) is 3.95. The monoisotopic (exact) mass is 173 g/mol. The molecule has 0 radical (unpaired) electrons.